The van der Waals surface area contributed by atoms with Gasteiger partial charge in [-0.25, -0.2) is 0 Å². The largest absolute Gasteiger partial charge is 0.411 e. The summed E-state index contributed by atoms with van der Waals surface area (Å²) in [5.41, 5.74) is 0. The Morgan fingerprint density at radius 2 is 2.13 bits per heavy atom. The third-order valence-corrected chi connectivity index (χ3v) is 6.00. The molecule has 0 aromatic rings. The second-order valence-electron chi connectivity index (χ2n) is 5.19. The lowest BCUT2D eigenvalue weighted by Gasteiger charge is -2.56. The highest BCUT2D eigenvalue weighted by molar-refractivity contribution is 6.64. The zero-order valence-electron chi connectivity index (χ0n) is 9.95. The average molecular weight is 230 g/mol. The lowest BCUT2D eigenvalue weighted by molar-refractivity contribution is -0.357. The molecule has 88 valence electrons. The summed E-state index contributed by atoms with van der Waals surface area (Å²) in [6, 6.07) is 0.726. The summed E-state index contributed by atoms with van der Waals surface area (Å²) in [6.07, 6.45) is 5.30. The van der Waals surface area contributed by atoms with Gasteiger partial charge in [-0.1, -0.05) is 19.8 Å². The Morgan fingerprint density at radius 3 is 2.73 bits per heavy atom. The first kappa shape index (κ1) is 11.6. The molecule has 15 heavy (non-hydrogen) atoms. The predicted molar refractivity (Wildman–Crippen MR) is 60.6 cm³/mol. The fraction of sp³-hybridized carbons (Fsp3) is 1.00. The molecule has 0 spiro atoms. The van der Waals surface area contributed by atoms with Crippen molar-refractivity contribution < 1.29 is 14.0 Å². The average Bonchev–Trinajstić information content (AvgIpc) is 2.16. The van der Waals surface area contributed by atoms with E-state index >= 15 is 0 Å². The van der Waals surface area contributed by atoms with Gasteiger partial charge < -0.3 is 14.0 Å². The van der Waals surface area contributed by atoms with Crippen molar-refractivity contribution in [3.8, 4) is 0 Å². The van der Waals surface area contributed by atoms with E-state index in [1.165, 1.54) is 25.7 Å². The van der Waals surface area contributed by atoms with Crippen LogP contribution < -0.4 is 0 Å². The van der Waals surface area contributed by atoms with Crippen molar-refractivity contribution in [2.24, 2.45) is 5.92 Å². The van der Waals surface area contributed by atoms with Gasteiger partial charge in [0.25, 0.3) is 0 Å². The van der Waals surface area contributed by atoms with E-state index in [4.69, 9.17) is 9.16 Å². The molecular formula is C11H22O3Si. The van der Waals surface area contributed by atoms with E-state index in [0.717, 1.165) is 6.04 Å². The molecule has 2 aliphatic rings. The molecule has 1 saturated carbocycles. The van der Waals surface area contributed by atoms with E-state index in [1.807, 2.05) is 20.4 Å². The standard InChI is InChI=1S/C11H22O3Si/c1-4-15(3,12)14-11(2)9-7-5-6-8-10(9)13-11/h9-10,12H,4-8H2,1-3H3. The second-order valence-corrected chi connectivity index (χ2v) is 8.46. The Balaban J connectivity index is 1.97. The Kier molecular flexibility index (Phi) is 2.96. The van der Waals surface area contributed by atoms with Crippen molar-refractivity contribution in [1.29, 1.82) is 0 Å². The van der Waals surface area contributed by atoms with Crippen LogP contribution in [0.2, 0.25) is 12.6 Å². The van der Waals surface area contributed by atoms with E-state index in [-0.39, 0.29) is 0 Å². The molecule has 2 rings (SSSR count). The molecule has 3 nitrogen and oxygen atoms in total. The molecule has 0 bridgehead atoms. The van der Waals surface area contributed by atoms with Gasteiger partial charge in [0.2, 0.25) is 0 Å². The monoisotopic (exact) mass is 230 g/mol. The minimum Gasteiger partial charge on any atom is -0.411 e. The summed E-state index contributed by atoms with van der Waals surface area (Å²) in [7, 11) is -2.48. The van der Waals surface area contributed by atoms with Crippen molar-refractivity contribution in [3.63, 3.8) is 0 Å². The molecule has 1 saturated heterocycles. The Hall–Kier alpha value is 0.0969. The fourth-order valence-corrected chi connectivity index (χ4v) is 3.98. The van der Waals surface area contributed by atoms with E-state index in [2.05, 4.69) is 0 Å². The van der Waals surface area contributed by atoms with Crippen molar-refractivity contribution in [1.82, 2.24) is 0 Å². The molecular weight excluding hydrogens is 208 g/mol. The first-order valence-electron chi connectivity index (χ1n) is 6.07. The van der Waals surface area contributed by atoms with Crippen LogP contribution in [-0.4, -0.2) is 25.2 Å². The van der Waals surface area contributed by atoms with Gasteiger partial charge in [-0.2, -0.15) is 0 Å². The van der Waals surface area contributed by atoms with Crippen molar-refractivity contribution >= 4 is 8.56 Å². The summed E-state index contributed by atoms with van der Waals surface area (Å²) in [5.74, 6) is 0.0216. The van der Waals surface area contributed by atoms with Gasteiger partial charge in [-0.3, -0.25) is 0 Å². The molecule has 4 heteroatoms. The summed E-state index contributed by atoms with van der Waals surface area (Å²) < 4.78 is 11.7. The van der Waals surface area contributed by atoms with Gasteiger partial charge >= 0.3 is 8.56 Å². The maximum Gasteiger partial charge on any atom is 0.334 e. The quantitative estimate of drug-likeness (QED) is 0.757. The predicted octanol–water partition coefficient (Wildman–Crippen LogP) is 2.39. The van der Waals surface area contributed by atoms with Crippen LogP contribution in [0.1, 0.15) is 39.5 Å². The van der Waals surface area contributed by atoms with Crippen LogP contribution >= 0.6 is 0 Å². The number of hydrogen-bond acceptors (Lipinski definition) is 3. The van der Waals surface area contributed by atoms with Crippen LogP contribution in [0.3, 0.4) is 0 Å². The molecule has 0 aromatic carbocycles. The van der Waals surface area contributed by atoms with Gasteiger partial charge in [-0.15, -0.1) is 0 Å². The zero-order chi connectivity index (χ0) is 11.1. The van der Waals surface area contributed by atoms with Crippen LogP contribution in [0.25, 0.3) is 0 Å². The van der Waals surface area contributed by atoms with E-state index < -0.39 is 14.3 Å². The minimum absolute atomic E-state index is 0.394. The van der Waals surface area contributed by atoms with Crippen LogP contribution in [0.4, 0.5) is 0 Å². The highest BCUT2D eigenvalue weighted by Gasteiger charge is 2.56. The Bertz CT molecular complexity index is 244. The maximum atomic E-state index is 10.1. The van der Waals surface area contributed by atoms with Crippen molar-refractivity contribution in [2.45, 2.75) is 64.0 Å². The molecule has 1 N–H and O–H groups in total. The summed E-state index contributed by atoms with van der Waals surface area (Å²) >= 11 is 0. The summed E-state index contributed by atoms with van der Waals surface area (Å²) in [6.45, 7) is 5.82. The summed E-state index contributed by atoms with van der Waals surface area (Å²) in [5, 5.41) is 0. The first-order chi connectivity index (χ1) is 6.97. The molecule has 4 unspecified atom stereocenters. The van der Waals surface area contributed by atoms with E-state index in [0.29, 0.717) is 12.0 Å². The lowest BCUT2D eigenvalue weighted by Crippen LogP contribution is -2.64. The van der Waals surface area contributed by atoms with Crippen LogP contribution in [0.5, 0.6) is 0 Å². The van der Waals surface area contributed by atoms with E-state index in [9.17, 15) is 4.80 Å². The molecule has 0 aromatic heterocycles. The highest BCUT2D eigenvalue weighted by Crippen LogP contribution is 2.48. The van der Waals surface area contributed by atoms with Crippen LogP contribution in [0.15, 0.2) is 0 Å². The number of rotatable bonds is 3. The SMILES string of the molecule is CC[Si](C)(O)OC1(C)OC2CCCCC21. The topological polar surface area (TPSA) is 38.7 Å². The van der Waals surface area contributed by atoms with Crippen LogP contribution in [0, 0.1) is 5.92 Å². The third kappa shape index (κ3) is 2.13. The number of hydrogen-bond donors (Lipinski definition) is 1. The minimum atomic E-state index is -2.48. The van der Waals surface area contributed by atoms with Crippen molar-refractivity contribution in [3.05, 3.63) is 0 Å². The number of fused-ring (bicyclic) bond motifs is 1. The zero-order valence-corrected chi connectivity index (χ0v) is 11.0. The van der Waals surface area contributed by atoms with Gasteiger partial charge in [0.05, 0.1) is 6.10 Å². The van der Waals surface area contributed by atoms with Gasteiger partial charge in [-0.05, 0) is 32.4 Å². The first-order valence-corrected chi connectivity index (χ1v) is 8.63. The molecule has 0 radical (unpaired) electrons. The van der Waals surface area contributed by atoms with Gasteiger partial charge in [0.1, 0.15) is 0 Å². The second kappa shape index (κ2) is 3.84. The highest BCUT2D eigenvalue weighted by atomic mass is 28.4. The molecule has 2 fully saturated rings. The summed E-state index contributed by atoms with van der Waals surface area (Å²) in [4.78, 5) is 10.1. The number of ether oxygens (including phenoxy) is 1. The molecule has 0 amide bonds. The molecule has 1 aliphatic heterocycles. The van der Waals surface area contributed by atoms with Crippen molar-refractivity contribution in [2.75, 3.05) is 0 Å². The maximum absolute atomic E-state index is 10.1. The van der Waals surface area contributed by atoms with Gasteiger partial charge in [0.15, 0.2) is 5.79 Å². The molecule has 1 heterocycles. The van der Waals surface area contributed by atoms with E-state index in [1.54, 1.807) is 0 Å². The Morgan fingerprint density at radius 1 is 1.47 bits per heavy atom. The molecule has 4 atom stereocenters. The smallest absolute Gasteiger partial charge is 0.334 e. The third-order valence-electron chi connectivity index (χ3n) is 3.84. The normalized spacial score (nSPS) is 44.0. The fourth-order valence-electron chi connectivity index (χ4n) is 2.76. The lowest BCUT2D eigenvalue weighted by atomic mass is 9.76. The van der Waals surface area contributed by atoms with Crippen LogP contribution in [-0.2, 0) is 9.16 Å². The molecule has 1 aliphatic carbocycles. The van der Waals surface area contributed by atoms with Gasteiger partial charge in [0, 0.05) is 5.92 Å². The Labute approximate surface area is 93.0 Å².